The zero-order valence-corrected chi connectivity index (χ0v) is 12.6. The molecule has 0 atom stereocenters. The van der Waals surface area contributed by atoms with Gasteiger partial charge in [-0.2, -0.15) is 0 Å². The van der Waals surface area contributed by atoms with E-state index < -0.39 is 0 Å². The molecule has 0 bridgehead atoms. The Bertz CT molecular complexity index is 737. The van der Waals surface area contributed by atoms with Crippen molar-refractivity contribution in [2.24, 2.45) is 0 Å². The summed E-state index contributed by atoms with van der Waals surface area (Å²) in [5.74, 6) is 0. The molecule has 1 aromatic carbocycles. The van der Waals surface area contributed by atoms with Crippen LogP contribution in [0.3, 0.4) is 0 Å². The van der Waals surface area contributed by atoms with Crippen LogP contribution < -0.4 is 0 Å². The summed E-state index contributed by atoms with van der Waals surface area (Å²) in [7, 11) is 0. The highest BCUT2D eigenvalue weighted by Crippen LogP contribution is 2.33. The molecular weight excluding hydrogens is 288 g/mol. The monoisotopic (exact) mass is 300 g/mol. The zero-order valence-electron chi connectivity index (χ0n) is 11.0. The number of hydrogen-bond donors (Lipinski definition) is 0. The molecule has 0 fully saturated rings. The van der Waals surface area contributed by atoms with Crippen LogP contribution >= 0.6 is 22.9 Å². The van der Waals surface area contributed by atoms with Gasteiger partial charge in [0, 0.05) is 33.9 Å². The number of aryl methyl sites for hydroxylation is 1. The molecule has 0 amide bonds. The lowest BCUT2D eigenvalue weighted by Gasteiger charge is -2.03. The molecule has 2 nitrogen and oxygen atoms in total. The van der Waals surface area contributed by atoms with Gasteiger partial charge < -0.3 is 0 Å². The second-order valence-electron chi connectivity index (χ2n) is 4.40. The highest BCUT2D eigenvalue weighted by atomic mass is 35.5. The van der Waals surface area contributed by atoms with Crippen molar-refractivity contribution < 1.29 is 0 Å². The fraction of sp³-hybridized carbons (Fsp3) is 0.125. The Labute approximate surface area is 127 Å². The van der Waals surface area contributed by atoms with Crippen molar-refractivity contribution in [1.29, 1.82) is 0 Å². The molecule has 2 heterocycles. The normalized spacial score (nSPS) is 10.7. The molecule has 3 rings (SSSR count). The third-order valence-electron chi connectivity index (χ3n) is 3.18. The lowest BCUT2D eigenvalue weighted by atomic mass is 10.1. The van der Waals surface area contributed by atoms with E-state index in [0.717, 1.165) is 33.3 Å². The predicted molar refractivity (Wildman–Crippen MR) is 85.2 cm³/mol. The minimum absolute atomic E-state index is 0.728. The number of thiazole rings is 1. The van der Waals surface area contributed by atoms with E-state index >= 15 is 0 Å². The van der Waals surface area contributed by atoms with E-state index in [1.54, 1.807) is 11.3 Å². The van der Waals surface area contributed by atoms with Crippen molar-refractivity contribution in [3.63, 3.8) is 0 Å². The smallest absolute Gasteiger partial charge is 0.125 e. The van der Waals surface area contributed by atoms with Gasteiger partial charge >= 0.3 is 0 Å². The van der Waals surface area contributed by atoms with Gasteiger partial charge in [0.1, 0.15) is 5.01 Å². The molecular formula is C16H13ClN2S. The number of benzene rings is 1. The maximum absolute atomic E-state index is 6.22. The predicted octanol–water partition coefficient (Wildman–Crippen LogP) is 5.09. The third kappa shape index (κ3) is 2.47. The molecule has 3 aromatic rings. The maximum Gasteiger partial charge on any atom is 0.125 e. The van der Waals surface area contributed by atoms with Crippen LogP contribution in [0.2, 0.25) is 5.02 Å². The molecule has 100 valence electrons. The Morgan fingerprint density at radius 3 is 2.80 bits per heavy atom. The average molecular weight is 301 g/mol. The number of halogens is 1. The molecule has 0 radical (unpaired) electrons. The molecule has 0 spiro atoms. The van der Waals surface area contributed by atoms with Crippen LogP contribution in [0.4, 0.5) is 0 Å². The summed E-state index contributed by atoms with van der Waals surface area (Å²) in [5, 5.41) is 3.76. The van der Waals surface area contributed by atoms with Crippen LogP contribution in [0.25, 0.3) is 21.8 Å². The molecule has 0 aliphatic rings. The molecule has 4 heteroatoms. The molecule has 0 aliphatic heterocycles. The Morgan fingerprint density at radius 1 is 1.15 bits per heavy atom. The molecule has 0 unspecified atom stereocenters. The summed E-state index contributed by atoms with van der Waals surface area (Å²) in [6.07, 6.45) is 4.68. The van der Waals surface area contributed by atoms with E-state index in [4.69, 9.17) is 16.6 Å². The minimum atomic E-state index is 0.728. The van der Waals surface area contributed by atoms with Gasteiger partial charge in [0.2, 0.25) is 0 Å². The summed E-state index contributed by atoms with van der Waals surface area (Å²) < 4.78 is 0. The highest BCUT2D eigenvalue weighted by molar-refractivity contribution is 7.13. The van der Waals surface area contributed by atoms with Gasteiger partial charge in [0.15, 0.2) is 0 Å². The summed E-state index contributed by atoms with van der Waals surface area (Å²) in [6.45, 7) is 2.14. The molecule has 0 aliphatic carbocycles. The van der Waals surface area contributed by atoms with Crippen molar-refractivity contribution in [3.8, 4) is 21.8 Å². The molecule has 20 heavy (non-hydrogen) atoms. The zero-order chi connectivity index (χ0) is 13.9. The van der Waals surface area contributed by atoms with Gasteiger partial charge in [-0.15, -0.1) is 11.3 Å². The Morgan fingerprint density at radius 2 is 2.00 bits per heavy atom. The van der Waals surface area contributed by atoms with Crippen LogP contribution in [0.5, 0.6) is 0 Å². The van der Waals surface area contributed by atoms with E-state index in [2.05, 4.69) is 11.9 Å². The van der Waals surface area contributed by atoms with Gasteiger partial charge in [-0.05, 0) is 24.1 Å². The second kappa shape index (κ2) is 5.73. The average Bonchev–Trinajstić information content (AvgIpc) is 2.97. The van der Waals surface area contributed by atoms with Crippen molar-refractivity contribution in [2.75, 3.05) is 0 Å². The number of hydrogen-bond acceptors (Lipinski definition) is 3. The van der Waals surface area contributed by atoms with E-state index in [9.17, 15) is 0 Å². The summed E-state index contributed by atoms with van der Waals surface area (Å²) in [4.78, 5) is 8.92. The third-order valence-corrected chi connectivity index (χ3v) is 4.38. The first-order valence-corrected chi connectivity index (χ1v) is 7.69. The quantitative estimate of drug-likeness (QED) is 0.673. The molecule has 0 saturated carbocycles. The van der Waals surface area contributed by atoms with Crippen molar-refractivity contribution in [2.45, 2.75) is 13.3 Å². The lowest BCUT2D eigenvalue weighted by Crippen LogP contribution is -1.88. The van der Waals surface area contributed by atoms with Crippen molar-refractivity contribution >= 4 is 22.9 Å². The number of rotatable bonds is 3. The highest BCUT2D eigenvalue weighted by Gasteiger charge is 2.11. The van der Waals surface area contributed by atoms with Crippen molar-refractivity contribution in [1.82, 2.24) is 9.97 Å². The first-order chi connectivity index (χ1) is 9.79. The Balaban J connectivity index is 2.05. The fourth-order valence-electron chi connectivity index (χ4n) is 2.11. The largest absolute Gasteiger partial charge is 0.264 e. The summed E-state index contributed by atoms with van der Waals surface area (Å²) in [6, 6.07) is 9.83. The van der Waals surface area contributed by atoms with Crippen LogP contribution in [0.15, 0.2) is 48.1 Å². The number of aromatic nitrogens is 2. The van der Waals surface area contributed by atoms with Crippen LogP contribution in [0, 0.1) is 0 Å². The van der Waals surface area contributed by atoms with E-state index in [1.165, 1.54) is 5.56 Å². The number of pyridine rings is 1. The molecule has 2 aromatic heterocycles. The van der Waals surface area contributed by atoms with Crippen LogP contribution in [-0.2, 0) is 6.42 Å². The number of nitrogens with zero attached hydrogens (tertiary/aromatic N) is 2. The first-order valence-electron chi connectivity index (χ1n) is 6.43. The van der Waals surface area contributed by atoms with Gasteiger partial charge in [0.05, 0.1) is 5.69 Å². The Hall–Kier alpha value is -1.71. The van der Waals surface area contributed by atoms with Crippen molar-refractivity contribution in [3.05, 3.63) is 58.7 Å². The van der Waals surface area contributed by atoms with Gasteiger partial charge in [-0.1, -0.05) is 36.7 Å². The van der Waals surface area contributed by atoms with Crippen LogP contribution in [-0.4, -0.2) is 9.97 Å². The van der Waals surface area contributed by atoms with Gasteiger partial charge in [-0.3, -0.25) is 4.98 Å². The summed E-state index contributed by atoms with van der Waals surface area (Å²) in [5.41, 5.74) is 4.26. The standard InChI is InChI=1S/C16H13ClN2S/c1-2-11-7-8-18-9-13(11)16-19-15(10-20-16)12-5-3-4-6-14(12)17/h3-10H,2H2,1H3. The van der Waals surface area contributed by atoms with E-state index in [1.807, 2.05) is 48.1 Å². The molecule has 0 N–H and O–H groups in total. The van der Waals surface area contributed by atoms with E-state index in [0.29, 0.717) is 0 Å². The SMILES string of the molecule is CCc1ccncc1-c1nc(-c2ccccc2Cl)cs1. The first kappa shape index (κ1) is 13.3. The topological polar surface area (TPSA) is 25.8 Å². The van der Waals surface area contributed by atoms with Gasteiger partial charge in [-0.25, -0.2) is 4.98 Å². The van der Waals surface area contributed by atoms with E-state index in [-0.39, 0.29) is 0 Å². The second-order valence-corrected chi connectivity index (χ2v) is 5.67. The Kier molecular flexibility index (Phi) is 3.81. The summed E-state index contributed by atoms with van der Waals surface area (Å²) >= 11 is 7.85. The van der Waals surface area contributed by atoms with Gasteiger partial charge in [0.25, 0.3) is 0 Å². The lowest BCUT2D eigenvalue weighted by molar-refractivity contribution is 1.12. The maximum atomic E-state index is 6.22. The fourth-order valence-corrected chi connectivity index (χ4v) is 3.21. The minimum Gasteiger partial charge on any atom is -0.264 e. The molecule has 0 saturated heterocycles. The van der Waals surface area contributed by atoms with Crippen LogP contribution in [0.1, 0.15) is 12.5 Å².